The molecule has 92 valence electrons. The van der Waals surface area contributed by atoms with Crippen LogP contribution in [0.2, 0.25) is 0 Å². The number of nitrogen functional groups attached to an aromatic ring is 1. The Balaban J connectivity index is 2.34. The predicted octanol–water partition coefficient (Wildman–Crippen LogP) is 2.12. The van der Waals surface area contributed by atoms with E-state index in [1.165, 1.54) is 0 Å². The zero-order valence-corrected chi connectivity index (χ0v) is 10.0. The molecule has 0 aliphatic carbocycles. The Morgan fingerprint density at radius 1 is 1.33 bits per heavy atom. The number of fused-ring (bicyclic) bond motifs is 1. The molecule has 3 aromatic rings. The Morgan fingerprint density at radius 2 is 2.17 bits per heavy atom. The van der Waals surface area contributed by atoms with Gasteiger partial charge in [0.15, 0.2) is 11.5 Å². The molecule has 0 unspecified atom stereocenters. The van der Waals surface area contributed by atoms with E-state index in [2.05, 4.69) is 19.9 Å². The molecule has 0 saturated heterocycles. The largest absolute Gasteiger partial charge is 0.497 e. The summed E-state index contributed by atoms with van der Waals surface area (Å²) in [7, 11) is 1.63. The van der Waals surface area contributed by atoms with Gasteiger partial charge in [0.2, 0.25) is 0 Å². The molecule has 0 bridgehead atoms. The fraction of sp³-hybridized carbons (Fsp3) is 0.167. The second kappa shape index (κ2) is 3.76. The first-order valence-electron chi connectivity index (χ1n) is 5.45. The third kappa shape index (κ3) is 1.42. The number of nitrogens with zero attached hydrogens (tertiary/aromatic N) is 2. The Morgan fingerprint density at radius 3 is 2.83 bits per heavy atom. The van der Waals surface area contributed by atoms with Gasteiger partial charge in [-0.2, -0.15) is 0 Å². The lowest BCUT2D eigenvalue weighted by Gasteiger charge is -2.00. The quantitative estimate of drug-likeness (QED) is 0.720. The second-order valence-corrected chi connectivity index (χ2v) is 4.03. The monoisotopic (exact) mass is 244 g/mol. The number of rotatable bonds is 2. The van der Waals surface area contributed by atoms with Gasteiger partial charge >= 0.3 is 0 Å². The molecule has 0 atom stereocenters. The lowest BCUT2D eigenvalue weighted by Crippen LogP contribution is -1.89. The highest BCUT2D eigenvalue weighted by molar-refractivity contribution is 5.99. The average Bonchev–Trinajstić information content (AvgIpc) is 2.90. The standard InChI is InChI=1S/C12H12N4O2/c1-6-10(11-12(13)16-18-15-11)8-5-7(17-2)3-4-9(8)14-6/h3-5,14H,1-2H3,(H2,13,16). The van der Waals surface area contributed by atoms with Gasteiger partial charge in [0.1, 0.15) is 5.75 Å². The van der Waals surface area contributed by atoms with Crippen molar-refractivity contribution < 1.29 is 9.37 Å². The third-order valence-corrected chi connectivity index (χ3v) is 2.94. The van der Waals surface area contributed by atoms with Crippen LogP contribution < -0.4 is 10.5 Å². The van der Waals surface area contributed by atoms with Gasteiger partial charge < -0.3 is 15.5 Å². The molecule has 3 rings (SSSR count). The molecule has 18 heavy (non-hydrogen) atoms. The van der Waals surface area contributed by atoms with Crippen LogP contribution in [0.5, 0.6) is 5.75 Å². The van der Waals surface area contributed by atoms with Crippen LogP contribution >= 0.6 is 0 Å². The number of hydrogen-bond donors (Lipinski definition) is 2. The van der Waals surface area contributed by atoms with Gasteiger partial charge in [0.05, 0.1) is 7.11 Å². The minimum Gasteiger partial charge on any atom is -0.497 e. The number of aryl methyl sites for hydroxylation is 1. The van der Waals surface area contributed by atoms with Crippen molar-refractivity contribution in [3.8, 4) is 17.0 Å². The van der Waals surface area contributed by atoms with Crippen LogP contribution in [0.4, 0.5) is 5.82 Å². The molecular weight excluding hydrogens is 232 g/mol. The van der Waals surface area contributed by atoms with Crippen LogP contribution in [0, 0.1) is 6.92 Å². The molecule has 0 spiro atoms. The first-order valence-corrected chi connectivity index (χ1v) is 5.45. The maximum absolute atomic E-state index is 5.75. The first kappa shape index (κ1) is 10.6. The predicted molar refractivity (Wildman–Crippen MR) is 67.3 cm³/mol. The van der Waals surface area contributed by atoms with Crippen molar-refractivity contribution in [3.05, 3.63) is 23.9 Å². The van der Waals surface area contributed by atoms with E-state index in [1.54, 1.807) is 7.11 Å². The summed E-state index contributed by atoms with van der Waals surface area (Å²) in [5.41, 5.74) is 9.14. The van der Waals surface area contributed by atoms with E-state index in [1.807, 2.05) is 25.1 Å². The number of ether oxygens (including phenoxy) is 1. The number of hydrogen-bond acceptors (Lipinski definition) is 5. The lowest BCUT2D eigenvalue weighted by molar-refractivity contribution is 0.310. The maximum Gasteiger partial charge on any atom is 0.196 e. The van der Waals surface area contributed by atoms with E-state index in [0.29, 0.717) is 5.69 Å². The van der Waals surface area contributed by atoms with Crippen LogP contribution in [-0.4, -0.2) is 22.4 Å². The Hall–Kier alpha value is -2.50. The molecule has 3 N–H and O–H groups in total. The number of nitrogens with two attached hydrogens (primary N) is 1. The van der Waals surface area contributed by atoms with Crippen molar-refractivity contribution >= 4 is 16.7 Å². The maximum atomic E-state index is 5.75. The molecule has 0 fully saturated rings. The van der Waals surface area contributed by atoms with Gasteiger partial charge in [-0.3, -0.25) is 0 Å². The molecular formula is C12H12N4O2. The molecule has 1 aromatic carbocycles. The summed E-state index contributed by atoms with van der Waals surface area (Å²) >= 11 is 0. The van der Waals surface area contributed by atoms with E-state index in [9.17, 15) is 0 Å². The SMILES string of the molecule is COc1ccc2[nH]c(C)c(-c3nonc3N)c2c1. The molecule has 0 radical (unpaired) electrons. The molecule has 6 heteroatoms. The van der Waals surface area contributed by atoms with Crippen molar-refractivity contribution in [3.63, 3.8) is 0 Å². The average molecular weight is 244 g/mol. The van der Waals surface area contributed by atoms with Gasteiger partial charge in [-0.25, -0.2) is 4.63 Å². The fourth-order valence-corrected chi connectivity index (χ4v) is 2.11. The molecule has 0 amide bonds. The number of benzene rings is 1. The topological polar surface area (TPSA) is 90.0 Å². The van der Waals surface area contributed by atoms with Crippen LogP contribution in [-0.2, 0) is 0 Å². The highest BCUT2D eigenvalue weighted by Gasteiger charge is 2.17. The van der Waals surface area contributed by atoms with E-state index < -0.39 is 0 Å². The van der Waals surface area contributed by atoms with Gasteiger partial charge in [-0.05, 0) is 35.4 Å². The highest BCUT2D eigenvalue weighted by atomic mass is 16.6. The lowest BCUT2D eigenvalue weighted by atomic mass is 10.1. The molecule has 6 nitrogen and oxygen atoms in total. The summed E-state index contributed by atoms with van der Waals surface area (Å²) in [5.74, 6) is 1.06. The molecule has 0 aliphatic heterocycles. The Bertz CT molecular complexity index is 714. The first-order chi connectivity index (χ1) is 8.70. The summed E-state index contributed by atoms with van der Waals surface area (Å²) in [6.07, 6.45) is 0. The van der Waals surface area contributed by atoms with Crippen molar-refractivity contribution in [2.24, 2.45) is 0 Å². The summed E-state index contributed by atoms with van der Waals surface area (Å²) in [4.78, 5) is 3.27. The number of H-pyrrole nitrogens is 1. The number of methoxy groups -OCH3 is 1. The number of aromatic nitrogens is 3. The van der Waals surface area contributed by atoms with Crippen LogP contribution in [0.1, 0.15) is 5.69 Å². The van der Waals surface area contributed by atoms with E-state index in [4.69, 9.17) is 10.5 Å². The minimum absolute atomic E-state index is 0.279. The van der Waals surface area contributed by atoms with Gasteiger partial charge in [-0.1, -0.05) is 0 Å². The van der Waals surface area contributed by atoms with Crippen molar-refractivity contribution in [2.45, 2.75) is 6.92 Å². The molecule has 0 aliphatic rings. The van der Waals surface area contributed by atoms with Gasteiger partial charge in [0, 0.05) is 22.2 Å². The summed E-state index contributed by atoms with van der Waals surface area (Å²) in [6, 6.07) is 5.78. The Labute approximate surface area is 103 Å². The minimum atomic E-state index is 0.279. The number of aromatic amines is 1. The van der Waals surface area contributed by atoms with Gasteiger partial charge in [-0.15, -0.1) is 0 Å². The summed E-state index contributed by atoms with van der Waals surface area (Å²) in [5, 5.41) is 8.44. The molecule has 2 heterocycles. The zero-order valence-electron chi connectivity index (χ0n) is 10.0. The zero-order chi connectivity index (χ0) is 12.7. The fourth-order valence-electron chi connectivity index (χ4n) is 2.11. The van der Waals surface area contributed by atoms with Crippen LogP contribution in [0.3, 0.4) is 0 Å². The van der Waals surface area contributed by atoms with Crippen molar-refractivity contribution in [2.75, 3.05) is 12.8 Å². The van der Waals surface area contributed by atoms with Gasteiger partial charge in [0.25, 0.3) is 0 Å². The smallest absolute Gasteiger partial charge is 0.196 e. The summed E-state index contributed by atoms with van der Waals surface area (Å²) in [6.45, 7) is 1.95. The van der Waals surface area contributed by atoms with Crippen molar-refractivity contribution in [1.29, 1.82) is 0 Å². The number of nitrogens with one attached hydrogen (secondary N) is 1. The summed E-state index contributed by atoms with van der Waals surface area (Å²) < 4.78 is 9.89. The van der Waals surface area contributed by atoms with Crippen molar-refractivity contribution in [1.82, 2.24) is 15.3 Å². The molecule has 0 saturated carbocycles. The van der Waals surface area contributed by atoms with E-state index >= 15 is 0 Å². The van der Waals surface area contributed by atoms with Crippen LogP contribution in [0.25, 0.3) is 22.2 Å². The highest BCUT2D eigenvalue weighted by Crippen LogP contribution is 2.35. The van der Waals surface area contributed by atoms with E-state index in [0.717, 1.165) is 27.9 Å². The second-order valence-electron chi connectivity index (χ2n) is 4.03. The van der Waals surface area contributed by atoms with Crippen LogP contribution in [0.15, 0.2) is 22.8 Å². The third-order valence-electron chi connectivity index (χ3n) is 2.94. The number of anilines is 1. The Kier molecular flexibility index (Phi) is 2.22. The molecule has 2 aromatic heterocycles. The normalized spacial score (nSPS) is 11.0. The van der Waals surface area contributed by atoms with E-state index in [-0.39, 0.29) is 5.82 Å².